The molecule has 6 heteroatoms. The van der Waals surface area contributed by atoms with Crippen molar-refractivity contribution in [2.45, 2.75) is 46.6 Å². The summed E-state index contributed by atoms with van der Waals surface area (Å²) in [6.45, 7) is 6.96. The first kappa shape index (κ1) is 15.6. The Labute approximate surface area is 117 Å². The summed E-state index contributed by atoms with van der Waals surface area (Å²) in [5.41, 5.74) is -0.125. The van der Waals surface area contributed by atoms with Gasteiger partial charge in [0, 0.05) is 17.5 Å². The molecular formula is C13H20N2O3S. The fourth-order valence-corrected chi connectivity index (χ4v) is 2.52. The topological polar surface area (TPSA) is 79.3 Å². The van der Waals surface area contributed by atoms with Crippen molar-refractivity contribution >= 4 is 23.2 Å². The van der Waals surface area contributed by atoms with E-state index >= 15 is 0 Å². The summed E-state index contributed by atoms with van der Waals surface area (Å²) in [7, 11) is 0. The van der Waals surface area contributed by atoms with Crippen LogP contribution < -0.4 is 5.32 Å². The smallest absolute Gasteiger partial charge is 0.309 e. The molecule has 1 aromatic heterocycles. The molecule has 0 aromatic carbocycles. The highest BCUT2D eigenvalue weighted by Gasteiger charge is 2.31. The van der Waals surface area contributed by atoms with Crippen molar-refractivity contribution in [1.82, 2.24) is 10.3 Å². The number of amides is 1. The van der Waals surface area contributed by atoms with E-state index in [1.54, 1.807) is 13.8 Å². The predicted molar refractivity (Wildman–Crippen MR) is 74.1 cm³/mol. The normalized spacial score (nSPS) is 13.1. The van der Waals surface area contributed by atoms with Crippen molar-refractivity contribution in [2.75, 3.05) is 0 Å². The molecule has 0 saturated heterocycles. The van der Waals surface area contributed by atoms with Gasteiger partial charge in [0.1, 0.15) is 5.01 Å². The molecule has 0 spiro atoms. The molecule has 0 bridgehead atoms. The van der Waals surface area contributed by atoms with Crippen LogP contribution in [0.4, 0.5) is 0 Å². The third-order valence-corrected chi connectivity index (χ3v) is 3.94. The Morgan fingerprint density at radius 2 is 2.16 bits per heavy atom. The maximum Gasteiger partial charge on any atom is 0.309 e. The van der Waals surface area contributed by atoms with Crippen LogP contribution in [0.1, 0.15) is 50.4 Å². The number of aliphatic carboxylic acids is 1. The molecule has 0 aliphatic rings. The second kappa shape index (κ2) is 6.14. The van der Waals surface area contributed by atoms with E-state index < -0.39 is 11.4 Å². The van der Waals surface area contributed by atoms with Crippen LogP contribution in [-0.2, 0) is 9.59 Å². The van der Waals surface area contributed by atoms with E-state index in [-0.39, 0.29) is 18.4 Å². The first-order valence-corrected chi connectivity index (χ1v) is 7.09. The van der Waals surface area contributed by atoms with Crippen LogP contribution in [0.25, 0.3) is 0 Å². The Kier molecular flexibility index (Phi) is 5.05. The Balaban J connectivity index is 2.67. The Morgan fingerprint density at radius 3 is 2.58 bits per heavy atom. The van der Waals surface area contributed by atoms with Gasteiger partial charge in [-0.2, -0.15) is 0 Å². The van der Waals surface area contributed by atoms with Crippen molar-refractivity contribution in [3.05, 3.63) is 16.1 Å². The summed E-state index contributed by atoms with van der Waals surface area (Å²) in [6, 6.07) is -0.143. The zero-order valence-corrected chi connectivity index (χ0v) is 12.5. The van der Waals surface area contributed by atoms with Crippen LogP contribution in [0.5, 0.6) is 0 Å². The van der Waals surface area contributed by atoms with Crippen LogP contribution in [0.15, 0.2) is 5.38 Å². The summed E-state index contributed by atoms with van der Waals surface area (Å²) in [5, 5.41) is 14.7. The van der Waals surface area contributed by atoms with Crippen LogP contribution in [0, 0.1) is 12.3 Å². The number of nitrogens with zero attached hydrogens (tertiary/aromatic N) is 1. The number of aryl methyl sites for hydroxylation is 1. The zero-order valence-electron chi connectivity index (χ0n) is 11.7. The fourth-order valence-electron chi connectivity index (χ4n) is 1.59. The van der Waals surface area contributed by atoms with Crippen molar-refractivity contribution in [3.8, 4) is 0 Å². The highest BCUT2D eigenvalue weighted by atomic mass is 32.1. The standard InChI is InChI=1S/C13H20N2O3S/c1-5-9(11-14-8(2)7-19-11)15-10(16)6-13(3,4)12(17)18/h7,9H,5-6H2,1-4H3,(H,15,16)(H,17,18). The van der Waals surface area contributed by atoms with Crippen LogP contribution in [-0.4, -0.2) is 22.0 Å². The lowest BCUT2D eigenvalue weighted by molar-refractivity contribution is -0.149. The minimum Gasteiger partial charge on any atom is -0.481 e. The average Bonchev–Trinajstić information content (AvgIpc) is 2.71. The molecule has 1 atom stereocenters. The van der Waals surface area contributed by atoms with Gasteiger partial charge in [-0.1, -0.05) is 6.92 Å². The van der Waals surface area contributed by atoms with Crippen molar-refractivity contribution in [1.29, 1.82) is 0 Å². The number of carboxylic acids is 1. The Hall–Kier alpha value is -1.43. The number of thiazole rings is 1. The van der Waals surface area contributed by atoms with E-state index in [0.717, 1.165) is 17.1 Å². The molecule has 1 rings (SSSR count). The molecule has 106 valence electrons. The minimum absolute atomic E-state index is 0.0385. The van der Waals surface area contributed by atoms with Crippen molar-refractivity contribution in [3.63, 3.8) is 0 Å². The van der Waals surface area contributed by atoms with Gasteiger partial charge in [-0.25, -0.2) is 4.98 Å². The van der Waals surface area contributed by atoms with E-state index in [2.05, 4.69) is 10.3 Å². The maximum absolute atomic E-state index is 11.9. The van der Waals surface area contributed by atoms with E-state index in [1.165, 1.54) is 11.3 Å². The lowest BCUT2D eigenvalue weighted by Crippen LogP contribution is -2.35. The van der Waals surface area contributed by atoms with Gasteiger partial charge in [-0.15, -0.1) is 11.3 Å². The van der Waals surface area contributed by atoms with E-state index in [4.69, 9.17) is 5.11 Å². The molecule has 0 aliphatic carbocycles. The minimum atomic E-state index is -1.05. The summed E-state index contributed by atoms with van der Waals surface area (Å²) in [5.74, 6) is -1.23. The molecule has 19 heavy (non-hydrogen) atoms. The number of aromatic nitrogens is 1. The van der Waals surface area contributed by atoms with Crippen molar-refractivity contribution < 1.29 is 14.7 Å². The summed E-state index contributed by atoms with van der Waals surface area (Å²) in [6.07, 6.45) is 0.690. The molecule has 0 saturated carbocycles. The summed E-state index contributed by atoms with van der Waals surface area (Å²) in [4.78, 5) is 27.3. The molecule has 0 fully saturated rings. The molecule has 1 amide bonds. The molecular weight excluding hydrogens is 264 g/mol. The lowest BCUT2D eigenvalue weighted by atomic mass is 9.89. The summed E-state index contributed by atoms with van der Waals surface area (Å²) < 4.78 is 0. The van der Waals surface area contributed by atoms with E-state index in [9.17, 15) is 9.59 Å². The molecule has 1 heterocycles. The number of carbonyl (C=O) groups is 2. The van der Waals surface area contributed by atoms with Gasteiger partial charge in [0.2, 0.25) is 5.91 Å². The number of hydrogen-bond acceptors (Lipinski definition) is 4. The number of rotatable bonds is 6. The number of carbonyl (C=O) groups excluding carboxylic acids is 1. The van der Waals surface area contributed by atoms with E-state index in [1.807, 2.05) is 19.2 Å². The number of carboxylic acid groups (broad SMARTS) is 1. The first-order chi connectivity index (χ1) is 8.76. The summed E-state index contributed by atoms with van der Waals surface area (Å²) >= 11 is 1.51. The fraction of sp³-hybridized carbons (Fsp3) is 0.615. The lowest BCUT2D eigenvalue weighted by Gasteiger charge is -2.20. The van der Waals surface area contributed by atoms with Crippen LogP contribution >= 0.6 is 11.3 Å². The van der Waals surface area contributed by atoms with Crippen LogP contribution in [0.2, 0.25) is 0 Å². The third kappa shape index (κ3) is 4.31. The molecule has 1 unspecified atom stereocenters. The van der Waals surface area contributed by atoms with Gasteiger partial charge >= 0.3 is 5.97 Å². The van der Waals surface area contributed by atoms with Gasteiger partial charge in [-0.3, -0.25) is 9.59 Å². The Bertz CT molecular complexity index is 468. The first-order valence-electron chi connectivity index (χ1n) is 6.21. The zero-order chi connectivity index (χ0) is 14.6. The number of nitrogens with one attached hydrogen (secondary N) is 1. The SMILES string of the molecule is CCC(NC(=O)CC(C)(C)C(=O)O)c1nc(C)cs1. The van der Waals surface area contributed by atoms with Gasteiger partial charge in [0.15, 0.2) is 0 Å². The van der Waals surface area contributed by atoms with Gasteiger partial charge in [0.05, 0.1) is 11.5 Å². The number of hydrogen-bond donors (Lipinski definition) is 2. The molecule has 1 aromatic rings. The largest absolute Gasteiger partial charge is 0.481 e. The molecule has 2 N–H and O–H groups in total. The van der Waals surface area contributed by atoms with Gasteiger partial charge in [0.25, 0.3) is 0 Å². The van der Waals surface area contributed by atoms with Gasteiger partial charge < -0.3 is 10.4 Å². The highest BCUT2D eigenvalue weighted by Crippen LogP contribution is 2.24. The second-order valence-corrected chi connectivity index (χ2v) is 6.11. The van der Waals surface area contributed by atoms with E-state index in [0.29, 0.717) is 0 Å². The second-order valence-electron chi connectivity index (χ2n) is 5.22. The highest BCUT2D eigenvalue weighted by molar-refractivity contribution is 7.09. The van der Waals surface area contributed by atoms with Gasteiger partial charge in [-0.05, 0) is 27.2 Å². The Morgan fingerprint density at radius 1 is 1.53 bits per heavy atom. The molecule has 0 radical (unpaired) electrons. The monoisotopic (exact) mass is 284 g/mol. The maximum atomic E-state index is 11.9. The average molecular weight is 284 g/mol. The van der Waals surface area contributed by atoms with Crippen LogP contribution in [0.3, 0.4) is 0 Å². The molecule has 5 nitrogen and oxygen atoms in total. The third-order valence-electron chi connectivity index (χ3n) is 2.86. The molecule has 0 aliphatic heterocycles. The van der Waals surface area contributed by atoms with Crippen molar-refractivity contribution in [2.24, 2.45) is 5.41 Å². The predicted octanol–water partition coefficient (Wildman–Crippen LogP) is 2.52. The quantitative estimate of drug-likeness (QED) is 0.841.